The molecule has 2 aromatic rings. The Kier molecular flexibility index (Phi) is 5.26. The average Bonchev–Trinajstić information content (AvgIpc) is 2.73. The summed E-state index contributed by atoms with van der Waals surface area (Å²) in [6, 6.07) is 4.02. The highest BCUT2D eigenvalue weighted by atomic mass is 16.5. The van der Waals surface area contributed by atoms with E-state index in [0.29, 0.717) is 18.0 Å². The Balaban J connectivity index is 1.60. The molecule has 30 heavy (non-hydrogen) atoms. The third-order valence-electron chi connectivity index (χ3n) is 6.33. The van der Waals surface area contributed by atoms with Gasteiger partial charge >= 0.3 is 0 Å². The third-order valence-corrected chi connectivity index (χ3v) is 6.33. The van der Waals surface area contributed by atoms with Crippen LogP contribution in [0.1, 0.15) is 61.1 Å². The lowest BCUT2D eigenvalue weighted by molar-refractivity contribution is 0.0621. The number of ether oxygens (including phenoxy) is 1. The first-order valence-corrected chi connectivity index (χ1v) is 10.6. The summed E-state index contributed by atoms with van der Waals surface area (Å²) in [7, 11) is 3.55. The first kappa shape index (κ1) is 20.7. The molecule has 2 aliphatic heterocycles. The van der Waals surface area contributed by atoms with Crippen molar-refractivity contribution in [2.24, 2.45) is 0 Å². The molecule has 1 saturated heterocycles. The zero-order valence-electron chi connectivity index (χ0n) is 18.6. The maximum atomic E-state index is 12.8. The molecule has 2 aromatic heterocycles. The first-order chi connectivity index (χ1) is 14.2. The van der Waals surface area contributed by atoms with E-state index in [4.69, 9.17) is 9.72 Å². The Morgan fingerprint density at radius 2 is 1.93 bits per heavy atom. The molecule has 0 bridgehead atoms. The van der Waals surface area contributed by atoms with Gasteiger partial charge in [0.1, 0.15) is 5.82 Å². The van der Waals surface area contributed by atoms with Crippen LogP contribution in [-0.2, 0) is 17.4 Å². The van der Waals surface area contributed by atoms with Crippen molar-refractivity contribution in [2.45, 2.75) is 51.0 Å². The van der Waals surface area contributed by atoms with Gasteiger partial charge in [-0.1, -0.05) is 26.8 Å². The van der Waals surface area contributed by atoms with Crippen LogP contribution >= 0.6 is 0 Å². The second-order valence-corrected chi connectivity index (χ2v) is 9.60. The van der Waals surface area contributed by atoms with E-state index >= 15 is 0 Å². The lowest BCUT2D eigenvalue weighted by atomic mass is 9.71. The molecule has 0 N–H and O–H groups in total. The molecule has 4 rings (SSSR count). The Morgan fingerprint density at radius 3 is 2.60 bits per heavy atom. The summed E-state index contributed by atoms with van der Waals surface area (Å²) in [5.74, 6) is 1.52. The number of pyridine rings is 1. The normalized spacial score (nSPS) is 19.1. The van der Waals surface area contributed by atoms with Crippen molar-refractivity contribution in [3.63, 3.8) is 0 Å². The van der Waals surface area contributed by atoms with Crippen molar-refractivity contribution in [3.8, 4) is 5.88 Å². The van der Waals surface area contributed by atoms with Crippen LogP contribution in [0.3, 0.4) is 0 Å². The third kappa shape index (κ3) is 3.67. The number of hydrogen-bond acceptors (Lipinski definition) is 6. The van der Waals surface area contributed by atoms with Crippen molar-refractivity contribution in [1.82, 2.24) is 24.8 Å². The monoisotopic (exact) mass is 409 g/mol. The molecule has 7 nitrogen and oxygen atoms in total. The molecule has 0 atom stereocenters. The smallest absolute Gasteiger partial charge is 0.257 e. The highest BCUT2D eigenvalue weighted by molar-refractivity contribution is 5.96. The van der Waals surface area contributed by atoms with Crippen LogP contribution in [0.4, 0.5) is 0 Å². The Bertz CT molecular complexity index is 945. The fourth-order valence-corrected chi connectivity index (χ4v) is 4.61. The summed E-state index contributed by atoms with van der Waals surface area (Å²) in [5.41, 5.74) is 2.45. The molecule has 160 valence electrons. The predicted octanol–water partition coefficient (Wildman–Crippen LogP) is 2.80. The van der Waals surface area contributed by atoms with E-state index in [-0.39, 0.29) is 16.7 Å². The number of methoxy groups -OCH3 is 1. The first-order valence-electron chi connectivity index (χ1n) is 10.6. The fraction of sp³-hybridized carbons (Fsp3) is 0.565. The molecule has 1 fully saturated rings. The molecule has 4 heterocycles. The van der Waals surface area contributed by atoms with Gasteiger partial charge in [0.15, 0.2) is 0 Å². The van der Waals surface area contributed by atoms with Gasteiger partial charge in [0.05, 0.1) is 18.4 Å². The summed E-state index contributed by atoms with van der Waals surface area (Å²) < 4.78 is 5.42. The summed E-state index contributed by atoms with van der Waals surface area (Å²) in [6.07, 6.45) is 5.42. The molecule has 0 saturated carbocycles. The van der Waals surface area contributed by atoms with Crippen molar-refractivity contribution in [3.05, 3.63) is 47.2 Å². The minimum absolute atomic E-state index is 0.0265. The Morgan fingerprint density at radius 1 is 1.20 bits per heavy atom. The number of amides is 1. The van der Waals surface area contributed by atoms with E-state index in [9.17, 15) is 4.79 Å². The maximum absolute atomic E-state index is 12.8. The fourth-order valence-electron chi connectivity index (χ4n) is 4.61. The second kappa shape index (κ2) is 7.61. The van der Waals surface area contributed by atoms with Crippen molar-refractivity contribution in [1.29, 1.82) is 0 Å². The van der Waals surface area contributed by atoms with Crippen LogP contribution in [0.25, 0.3) is 0 Å². The Labute approximate surface area is 178 Å². The van der Waals surface area contributed by atoms with E-state index in [1.165, 1.54) is 0 Å². The van der Waals surface area contributed by atoms with E-state index in [0.717, 1.165) is 49.6 Å². The number of nitrogens with zero attached hydrogens (tertiary/aromatic N) is 5. The number of piperidine rings is 1. The quantitative estimate of drug-likeness (QED) is 0.776. The molecule has 1 amide bonds. The molecule has 7 heteroatoms. The number of hydrogen-bond donors (Lipinski definition) is 0. The maximum Gasteiger partial charge on any atom is 0.257 e. The van der Waals surface area contributed by atoms with Crippen molar-refractivity contribution >= 4 is 5.91 Å². The SMILES string of the molecule is COc1ncccc1CN1CCC2(CC1)CN(C)C(=O)c1cnc(C(C)(C)C)nc12. The summed E-state index contributed by atoms with van der Waals surface area (Å²) >= 11 is 0. The number of aromatic nitrogens is 3. The summed E-state index contributed by atoms with van der Waals surface area (Å²) in [4.78, 5) is 30.9. The number of rotatable bonds is 3. The highest BCUT2D eigenvalue weighted by Crippen LogP contribution is 2.41. The number of fused-ring (bicyclic) bond motifs is 2. The Hall–Kier alpha value is -2.54. The van der Waals surface area contributed by atoms with Gasteiger partial charge in [-0.05, 0) is 32.0 Å². The van der Waals surface area contributed by atoms with E-state index in [1.807, 2.05) is 18.0 Å². The van der Waals surface area contributed by atoms with Crippen LogP contribution in [0.15, 0.2) is 24.5 Å². The van der Waals surface area contributed by atoms with Crippen LogP contribution in [-0.4, -0.2) is 64.5 Å². The van der Waals surface area contributed by atoms with E-state index in [2.05, 4.69) is 41.7 Å². The van der Waals surface area contributed by atoms with Gasteiger partial charge in [-0.25, -0.2) is 15.0 Å². The predicted molar refractivity (Wildman–Crippen MR) is 115 cm³/mol. The van der Waals surface area contributed by atoms with E-state index < -0.39 is 0 Å². The van der Waals surface area contributed by atoms with Crippen LogP contribution < -0.4 is 4.74 Å². The number of carbonyl (C=O) groups excluding carboxylic acids is 1. The summed E-state index contributed by atoms with van der Waals surface area (Å²) in [5, 5.41) is 0. The standard InChI is InChI=1S/C23H31N5O2/c1-22(2,3)21-25-13-17-18(26-21)23(15-27(4)20(17)29)8-11-28(12-9-23)14-16-7-6-10-24-19(16)30-5/h6-7,10,13H,8-9,11-12,14-15H2,1-5H3. The van der Waals surface area contributed by atoms with Gasteiger partial charge in [-0.3, -0.25) is 9.69 Å². The molecule has 0 aromatic carbocycles. The average molecular weight is 410 g/mol. The second-order valence-electron chi connectivity index (χ2n) is 9.60. The molecule has 0 radical (unpaired) electrons. The molecule has 0 unspecified atom stereocenters. The summed E-state index contributed by atoms with van der Waals surface area (Å²) in [6.45, 7) is 9.74. The molecule has 1 spiro atoms. The van der Waals surface area contributed by atoms with Gasteiger partial charge in [0, 0.05) is 48.9 Å². The minimum Gasteiger partial charge on any atom is -0.481 e. The van der Waals surface area contributed by atoms with Crippen LogP contribution in [0.2, 0.25) is 0 Å². The lowest BCUT2D eigenvalue weighted by Gasteiger charge is -2.46. The number of likely N-dealkylation sites (N-methyl/N-ethyl adjacent to an activating group) is 1. The van der Waals surface area contributed by atoms with Gasteiger partial charge in [-0.2, -0.15) is 0 Å². The zero-order chi connectivity index (χ0) is 21.5. The van der Waals surface area contributed by atoms with Crippen molar-refractivity contribution < 1.29 is 9.53 Å². The molecular formula is C23H31N5O2. The van der Waals surface area contributed by atoms with Crippen LogP contribution in [0, 0.1) is 0 Å². The van der Waals surface area contributed by atoms with Gasteiger partial charge in [-0.15, -0.1) is 0 Å². The highest BCUT2D eigenvalue weighted by Gasteiger charge is 2.46. The van der Waals surface area contributed by atoms with Crippen LogP contribution in [0.5, 0.6) is 5.88 Å². The number of likely N-dealkylation sites (tertiary alicyclic amines) is 1. The van der Waals surface area contributed by atoms with Crippen molar-refractivity contribution in [2.75, 3.05) is 33.8 Å². The zero-order valence-corrected chi connectivity index (χ0v) is 18.6. The topological polar surface area (TPSA) is 71.5 Å². The minimum atomic E-state index is -0.153. The molecule has 0 aliphatic carbocycles. The van der Waals surface area contributed by atoms with Gasteiger partial charge in [0.2, 0.25) is 5.88 Å². The van der Waals surface area contributed by atoms with Gasteiger partial charge < -0.3 is 9.64 Å². The molecule has 2 aliphatic rings. The largest absolute Gasteiger partial charge is 0.481 e. The van der Waals surface area contributed by atoms with Gasteiger partial charge in [0.25, 0.3) is 5.91 Å². The molecular weight excluding hydrogens is 378 g/mol. The number of carbonyl (C=O) groups is 1. The lowest BCUT2D eigenvalue weighted by Crippen LogP contribution is -2.54. The van der Waals surface area contributed by atoms with E-state index in [1.54, 1.807) is 19.5 Å².